The number of carbonyl (C=O) groups excluding carboxylic acids is 1. The number of aromatic carboxylic acids is 1. The molecule has 6 rings (SSSR count). The number of benzene rings is 1. The van der Waals surface area contributed by atoms with E-state index in [-0.39, 0.29) is 34.0 Å². The zero-order valence-electron chi connectivity index (χ0n) is 23.3. The van der Waals surface area contributed by atoms with Crippen LogP contribution in [0.2, 0.25) is 0 Å². The average molecular weight is 658 g/mol. The molecular weight excluding hydrogens is 630 g/mol. The number of alkyl halides is 3. The Morgan fingerprint density at radius 1 is 1.00 bits per heavy atom. The Morgan fingerprint density at radius 3 is 2.16 bits per heavy atom. The number of hydrogen-bond acceptors (Lipinski definition) is 9. The van der Waals surface area contributed by atoms with Crippen LogP contribution in [0.3, 0.4) is 0 Å². The van der Waals surface area contributed by atoms with Gasteiger partial charge in [0.1, 0.15) is 28.5 Å². The van der Waals surface area contributed by atoms with Gasteiger partial charge in [-0.25, -0.2) is 18.8 Å². The molecule has 0 spiro atoms. The van der Waals surface area contributed by atoms with Gasteiger partial charge >= 0.3 is 24.1 Å². The number of rotatable bonds is 6. The van der Waals surface area contributed by atoms with E-state index in [9.17, 15) is 42.6 Å². The van der Waals surface area contributed by atoms with Crippen molar-refractivity contribution in [2.24, 2.45) is 5.73 Å². The summed E-state index contributed by atoms with van der Waals surface area (Å²) >= 11 is 1.46. The number of carboxylic acid groups (broad SMARTS) is 3. The van der Waals surface area contributed by atoms with Gasteiger partial charge in [0, 0.05) is 56.1 Å². The number of aromatic nitrogens is 1. The first-order chi connectivity index (χ1) is 21.1. The Kier molecular flexibility index (Phi) is 8.58. The van der Waals surface area contributed by atoms with Crippen molar-refractivity contribution in [3.63, 3.8) is 0 Å². The van der Waals surface area contributed by atoms with E-state index in [1.54, 1.807) is 10.6 Å². The lowest BCUT2D eigenvalue weighted by Gasteiger charge is -2.48. The molecule has 5 N–H and O–H groups in total. The van der Waals surface area contributed by atoms with Crippen molar-refractivity contribution in [1.82, 2.24) is 14.4 Å². The number of hydrogen-bond donors (Lipinski definition) is 4. The molecule has 2 aromatic rings. The first-order valence-electron chi connectivity index (χ1n) is 13.6. The van der Waals surface area contributed by atoms with Crippen molar-refractivity contribution in [1.29, 1.82) is 0 Å². The fraction of sp³-hybridized carbons (Fsp3) is 0.444. The van der Waals surface area contributed by atoms with Crippen molar-refractivity contribution in [2.75, 3.05) is 43.4 Å². The second-order valence-corrected chi connectivity index (χ2v) is 12.0. The molecule has 2 saturated heterocycles. The second-order valence-electron chi connectivity index (χ2n) is 10.9. The molecule has 1 aromatic heterocycles. The second kappa shape index (κ2) is 12.0. The van der Waals surface area contributed by atoms with Crippen molar-refractivity contribution in [3.8, 4) is 0 Å². The number of nitrogens with zero attached hydrogens (tertiary/aromatic N) is 4. The highest BCUT2D eigenvalue weighted by molar-refractivity contribution is 8.00. The number of halogens is 4. The van der Waals surface area contributed by atoms with E-state index in [4.69, 9.17) is 15.6 Å². The molecule has 1 aliphatic carbocycles. The Bertz CT molecular complexity index is 1680. The van der Waals surface area contributed by atoms with E-state index in [1.165, 1.54) is 22.9 Å². The highest BCUT2D eigenvalue weighted by Gasteiger charge is 2.51. The van der Waals surface area contributed by atoms with Gasteiger partial charge in [-0.3, -0.25) is 19.4 Å². The lowest BCUT2D eigenvalue weighted by molar-refractivity contribution is -0.192. The van der Waals surface area contributed by atoms with Gasteiger partial charge in [-0.15, -0.1) is 11.8 Å². The first kappa shape index (κ1) is 32.2. The molecule has 1 saturated carbocycles. The highest BCUT2D eigenvalue weighted by atomic mass is 32.2. The van der Waals surface area contributed by atoms with Crippen LogP contribution in [0.15, 0.2) is 34.4 Å². The predicted molar refractivity (Wildman–Crippen MR) is 151 cm³/mol. The van der Waals surface area contributed by atoms with Gasteiger partial charge in [-0.05, 0) is 30.5 Å². The summed E-state index contributed by atoms with van der Waals surface area (Å²) in [7, 11) is 0. The number of fused-ring (bicyclic) bond motifs is 2. The summed E-state index contributed by atoms with van der Waals surface area (Å²) < 4.78 is 48.8. The number of pyridine rings is 1. The zero-order valence-corrected chi connectivity index (χ0v) is 24.1. The third-order valence-corrected chi connectivity index (χ3v) is 9.29. The van der Waals surface area contributed by atoms with E-state index in [1.807, 2.05) is 4.90 Å². The van der Waals surface area contributed by atoms with Gasteiger partial charge < -0.3 is 30.5 Å². The van der Waals surface area contributed by atoms with Crippen molar-refractivity contribution in [2.45, 2.75) is 36.5 Å². The van der Waals surface area contributed by atoms with Gasteiger partial charge in [0.15, 0.2) is 0 Å². The minimum atomic E-state index is -5.08. The van der Waals surface area contributed by atoms with Crippen LogP contribution in [0.1, 0.15) is 29.2 Å². The summed E-state index contributed by atoms with van der Waals surface area (Å²) in [6, 6.07) is 2.18. The molecule has 45 heavy (non-hydrogen) atoms. The molecule has 3 fully saturated rings. The van der Waals surface area contributed by atoms with Crippen LogP contribution in [0.25, 0.3) is 10.9 Å². The van der Waals surface area contributed by atoms with Crippen LogP contribution in [0, 0.1) is 5.82 Å². The summed E-state index contributed by atoms with van der Waals surface area (Å²) in [6.07, 6.45) is -1.99. The van der Waals surface area contributed by atoms with Gasteiger partial charge in [0.05, 0.1) is 11.2 Å². The van der Waals surface area contributed by atoms with Gasteiger partial charge in [0.25, 0.3) is 0 Å². The number of carboxylic acids is 3. The van der Waals surface area contributed by atoms with Crippen LogP contribution >= 0.6 is 11.8 Å². The number of anilines is 1. The molecule has 4 heterocycles. The minimum Gasteiger partial charge on any atom is -0.477 e. The predicted octanol–water partition coefficient (Wildman–Crippen LogP) is 1.51. The average Bonchev–Trinajstić information content (AvgIpc) is 3.82. The molecule has 1 aromatic carbocycles. The SMILES string of the molecule is N[C@H]1C(=O)N2C(C(=O)O)=C(CN3CCN(c4cc5c(cc4F)c(=O)c(C(=O)O)cn5C4CC4)CC3)CS[C@@H]12.O=C(O)C(F)(F)F. The lowest BCUT2D eigenvalue weighted by atomic mass is 10.0. The largest absolute Gasteiger partial charge is 0.490 e. The molecule has 3 aliphatic heterocycles. The van der Waals surface area contributed by atoms with Crippen molar-refractivity contribution >= 4 is 52.2 Å². The summed E-state index contributed by atoms with van der Waals surface area (Å²) in [5.74, 6) is -5.73. The lowest BCUT2D eigenvalue weighted by Crippen LogP contribution is -2.68. The minimum absolute atomic E-state index is 0.0160. The van der Waals surface area contributed by atoms with Crippen LogP contribution in [0.5, 0.6) is 0 Å². The summed E-state index contributed by atoms with van der Waals surface area (Å²) in [6.45, 7) is 2.42. The molecule has 0 bridgehead atoms. The normalized spacial score (nSPS) is 22.0. The summed E-state index contributed by atoms with van der Waals surface area (Å²) in [5, 5.41) is 26.1. The van der Waals surface area contributed by atoms with E-state index >= 15 is 4.39 Å². The molecular formula is C27H27F4N5O8S. The molecule has 0 radical (unpaired) electrons. The Labute approximate surface area is 255 Å². The quantitative estimate of drug-likeness (QED) is 0.260. The number of piperazine rings is 1. The van der Waals surface area contributed by atoms with E-state index in [2.05, 4.69) is 4.90 Å². The topological polar surface area (TPSA) is 187 Å². The van der Waals surface area contributed by atoms with Crippen molar-refractivity contribution in [3.05, 3.63) is 51.2 Å². The maximum Gasteiger partial charge on any atom is 0.490 e. The molecule has 242 valence electrons. The smallest absolute Gasteiger partial charge is 0.477 e. The maximum atomic E-state index is 15.3. The fourth-order valence-corrected chi connectivity index (χ4v) is 6.81. The van der Waals surface area contributed by atoms with Crippen LogP contribution in [0.4, 0.5) is 23.2 Å². The number of β-lactam (4-membered cyclic amide) rings is 1. The number of amides is 1. The summed E-state index contributed by atoms with van der Waals surface area (Å²) in [5.41, 5.74) is 6.30. The molecule has 18 heteroatoms. The number of aliphatic carboxylic acids is 2. The van der Waals surface area contributed by atoms with Crippen molar-refractivity contribution < 1.29 is 52.1 Å². The monoisotopic (exact) mass is 657 g/mol. The Morgan fingerprint density at radius 2 is 1.62 bits per heavy atom. The van der Waals surface area contributed by atoms with Gasteiger partial charge in [0.2, 0.25) is 11.3 Å². The Hall–Kier alpha value is -4.16. The van der Waals surface area contributed by atoms with E-state index < -0.39 is 41.4 Å². The van der Waals surface area contributed by atoms with Gasteiger partial charge in [-0.1, -0.05) is 0 Å². The van der Waals surface area contributed by atoms with Crippen LogP contribution in [-0.2, 0) is 14.4 Å². The molecule has 0 unspecified atom stereocenters. The molecule has 4 aliphatic rings. The molecule has 2 atom stereocenters. The van der Waals surface area contributed by atoms with Gasteiger partial charge in [-0.2, -0.15) is 13.2 Å². The highest BCUT2D eigenvalue weighted by Crippen LogP contribution is 2.40. The number of carbonyl (C=O) groups is 4. The molecule has 1 amide bonds. The number of thioether (sulfide) groups is 1. The Balaban J connectivity index is 0.000000515. The third-order valence-electron chi connectivity index (χ3n) is 7.93. The molecule has 13 nitrogen and oxygen atoms in total. The summed E-state index contributed by atoms with van der Waals surface area (Å²) in [4.78, 5) is 62.6. The standard InChI is InChI=1S/C25H26FN5O6S.C2HF3O2/c26-16-7-14-17(30(13-1-2-13)10-15(21(14)32)24(34)35)8-18(16)29-5-3-28(4-6-29)9-12-11-38-23-19(27)22(33)31(23)20(12)25(36)37;3-2(4,5)1(6)7/h7-8,10,13,19,23H,1-6,9,11,27H2,(H,34,35)(H,36,37);(H,6,7)/t19-,23-;/m0./s1. The first-order valence-corrected chi connectivity index (χ1v) is 14.7. The maximum absolute atomic E-state index is 15.3. The van der Waals surface area contributed by atoms with Crippen LogP contribution < -0.4 is 16.1 Å². The zero-order chi connectivity index (χ0) is 33.0. The van der Waals surface area contributed by atoms with E-state index in [0.717, 1.165) is 18.9 Å². The third kappa shape index (κ3) is 6.21. The van der Waals surface area contributed by atoms with Crippen LogP contribution in [-0.4, -0.2) is 110 Å². The number of nitrogens with two attached hydrogens (primary N) is 1. The van der Waals surface area contributed by atoms with E-state index in [0.29, 0.717) is 55.3 Å². The fourth-order valence-electron chi connectivity index (χ4n) is 5.53.